The van der Waals surface area contributed by atoms with E-state index >= 15 is 0 Å². The number of carboxylic acid groups (broad SMARTS) is 1. The largest absolute Gasteiger partial charge is 0.481 e. The highest BCUT2D eigenvalue weighted by Crippen LogP contribution is 2.26. The van der Waals surface area contributed by atoms with Crippen LogP contribution in [0.1, 0.15) is 35.4 Å². The van der Waals surface area contributed by atoms with Crippen molar-refractivity contribution in [3.05, 3.63) is 107 Å². The summed E-state index contributed by atoms with van der Waals surface area (Å²) in [5.41, 5.74) is 2.49. The molecule has 0 saturated carbocycles. The van der Waals surface area contributed by atoms with Gasteiger partial charge in [0.1, 0.15) is 0 Å². The third kappa shape index (κ3) is 10.2. The van der Waals surface area contributed by atoms with Crippen LogP contribution in [0, 0.1) is 0 Å². The fourth-order valence-electron chi connectivity index (χ4n) is 3.13. The maximum Gasteiger partial charge on any atom is 0.311 e. The van der Waals surface area contributed by atoms with Gasteiger partial charge in [0.05, 0.1) is 12.5 Å². The number of hydrogen-bond donors (Lipinski definition) is 1. The molecule has 0 bridgehead atoms. The molecule has 1 heterocycles. The van der Waals surface area contributed by atoms with Gasteiger partial charge in [0.25, 0.3) is 0 Å². The lowest BCUT2D eigenvalue weighted by atomic mass is 9.89. The number of aliphatic carboxylic acids is 1. The molecule has 0 spiro atoms. The van der Waals surface area contributed by atoms with Crippen molar-refractivity contribution < 1.29 is 18.3 Å². The molecule has 172 valence electrons. The molecule has 6 nitrogen and oxygen atoms in total. The summed E-state index contributed by atoms with van der Waals surface area (Å²) in [7, 11) is -2.45. The first-order valence-electron chi connectivity index (χ1n) is 10.3. The molecule has 0 aliphatic heterocycles. The van der Waals surface area contributed by atoms with E-state index in [0.717, 1.165) is 16.1 Å². The Morgan fingerprint density at radius 3 is 2.39 bits per heavy atom. The van der Waals surface area contributed by atoms with Crippen molar-refractivity contribution in [2.24, 2.45) is 4.36 Å². The van der Waals surface area contributed by atoms with E-state index in [1.807, 2.05) is 66.7 Å². The first-order chi connectivity index (χ1) is 16.0. The summed E-state index contributed by atoms with van der Waals surface area (Å²) in [6.45, 7) is 0.111. The van der Waals surface area contributed by atoms with Crippen LogP contribution in [0.2, 0.25) is 5.02 Å². The van der Waals surface area contributed by atoms with Crippen LogP contribution in [0.5, 0.6) is 0 Å². The zero-order valence-electron chi connectivity index (χ0n) is 17.9. The van der Waals surface area contributed by atoms with Crippen LogP contribution in [0.15, 0.2) is 89.6 Å². The lowest BCUT2D eigenvalue weighted by Gasteiger charge is -2.16. The van der Waals surface area contributed by atoms with E-state index in [1.54, 1.807) is 24.5 Å². The second-order valence-electron chi connectivity index (χ2n) is 6.97. The van der Waals surface area contributed by atoms with E-state index < -0.39 is 22.4 Å². The number of pyridine rings is 1. The van der Waals surface area contributed by atoms with Crippen molar-refractivity contribution in [3.63, 3.8) is 0 Å². The maximum absolute atomic E-state index is 11.7. The van der Waals surface area contributed by atoms with Crippen LogP contribution in [0.4, 0.5) is 0 Å². The van der Waals surface area contributed by atoms with Crippen molar-refractivity contribution >= 4 is 34.1 Å². The summed E-state index contributed by atoms with van der Waals surface area (Å²) < 4.78 is 24.5. The summed E-state index contributed by atoms with van der Waals surface area (Å²) in [4.78, 5) is 15.8. The maximum atomic E-state index is 11.7. The Morgan fingerprint density at radius 1 is 1.06 bits per heavy atom. The Balaban J connectivity index is 0.000000468. The molecular formula is C25H25ClN2O4S. The SMILES string of the molecule is Clc1ccccc1.O=C(O)C(CCC=Cc1cccnc1)c1ccccc1CCN=S(=O)=O. The quantitative estimate of drug-likeness (QED) is 0.421. The highest BCUT2D eigenvalue weighted by atomic mass is 35.5. The summed E-state index contributed by atoms with van der Waals surface area (Å²) in [6, 6.07) is 20.4. The Bertz CT molecular complexity index is 1160. The Labute approximate surface area is 200 Å². The molecule has 0 amide bonds. The highest BCUT2D eigenvalue weighted by Gasteiger charge is 2.21. The van der Waals surface area contributed by atoms with Gasteiger partial charge in [-0.2, -0.15) is 12.8 Å². The molecule has 33 heavy (non-hydrogen) atoms. The Hall–Kier alpha value is -3.29. The Kier molecular flexibility index (Phi) is 11.6. The van der Waals surface area contributed by atoms with Crippen LogP contribution < -0.4 is 0 Å². The van der Waals surface area contributed by atoms with Crippen LogP contribution in [0.25, 0.3) is 6.08 Å². The smallest absolute Gasteiger partial charge is 0.311 e. The molecule has 0 fully saturated rings. The molecule has 0 aliphatic carbocycles. The first-order valence-corrected chi connectivity index (χ1v) is 11.7. The van der Waals surface area contributed by atoms with E-state index in [2.05, 4.69) is 9.35 Å². The predicted octanol–water partition coefficient (Wildman–Crippen LogP) is 5.69. The molecule has 2 aromatic carbocycles. The summed E-state index contributed by atoms with van der Waals surface area (Å²) in [5.74, 6) is -1.54. The number of carbonyl (C=O) groups is 1. The second-order valence-corrected chi connectivity index (χ2v) is 8.10. The number of hydrogen-bond acceptors (Lipinski definition) is 5. The van der Waals surface area contributed by atoms with Crippen LogP contribution in [-0.2, 0) is 21.7 Å². The van der Waals surface area contributed by atoms with Gasteiger partial charge in [-0.3, -0.25) is 9.78 Å². The van der Waals surface area contributed by atoms with Crippen LogP contribution >= 0.6 is 11.6 Å². The average Bonchev–Trinajstić information content (AvgIpc) is 2.81. The summed E-state index contributed by atoms with van der Waals surface area (Å²) >= 11 is 5.54. The van der Waals surface area contributed by atoms with Crippen molar-refractivity contribution in [3.8, 4) is 0 Å². The van der Waals surface area contributed by atoms with Gasteiger partial charge in [0, 0.05) is 17.4 Å². The minimum absolute atomic E-state index is 0.111. The van der Waals surface area contributed by atoms with Crippen molar-refractivity contribution in [2.75, 3.05) is 6.54 Å². The monoisotopic (exact) mass is 484 g/mol. The van der Waals surface area contributed by atoms with Crippen LogP contribution in [-0.4, -0.2) is 31.0 Å². The molecular weight excluding hydrogens is 460 g/mol. The van der Waals surface area contributed by atoms with Gasteiger partial charge in [-0.25, -0.2) is 0 Å². The molecule has 3 rings (SSSR count). The van der Waals surface area contributed by atoms with Crippen LogP contribution in [0.3, 0.4) is 0 Å². The lowest BCUT2D eigenvalue weighted by Crippen LogP contribution is -2.14. The van der Waals surface area contributed by atoms with Gasteiger partial charge in [0.15, 0.2) is 0 Å². The third-order valence-corrected chi connectivity index (χ3v) is 5.30. The van der Waals surface area contributed by atoms with E-state index in [4.69, 9.17) is 11.6 Å². The topological polar surface area (TPSA) is 96.7 Å². The van der Waals surface area contributed by atoms with Crippen molar-refractivity contribution in [2.45, 2.75) is 25.2 Å². The number of nitrogens with zero attached hydrogens (tertiary/aromatic N) is 2. The van der Waals surface area contributed by atoms with E-state index in [0.29, 0.717) is 24.8 Å². The minimum Gasteiger partial charge on any atom is -0.481 e. The normalized spacial score (nSPS) is 11.3. The van der Waals surface area contributed by atoms with Crippen molar-refractivity contribution in [1.29, 1.82) is 0 Å². The highest BCUT2D eigenvalue weighted by molar-refractivity contribution is 7.61. The number of aromatic nitrogens is 1. The zero-order valence-corrected chi connectivity index (χ0v) is 19.5. The lowest BCUT2D eigenvalue weighted by molar-refractivity contribution is -0.139. The number of carboxylic acids is 1. The Morgan fingerprint density at radius 2 is 1.79 bits per heavy atom. The molecule has 3 aromatic rings. The number of benzene rings is 2. The molecule has 1 unspecified atom stereocenters. The average molecular weight is 485 g/mol. The predicted molar refractivity (Wildman–Crippen MR) is 131 cm³/mol. The first kappa shape index (κ1) is 26.0. The summed E-state index contributed by atoms with van der Waals surface area (Å²) in [6.07, 6.45) is 8.74. The fourth-order valence-corrected chi connectivity index (χ4v) is 3.51. The number of rotatable bonds is 9. The van der Waals surface area contributed by atoms with Crippen molar-refractivity contribution in [1.82, 2.24) is 4.98 Å². The minimum atomic E-state index is -2.45. The third-order valence-electron chi connectivity index (χ3n) is 4.66. The number of allylic oxidation sites excluding steroid dienone is 1. The van der Waals surface area contributed by atoms with E-state index in [1.165, 1.54) is 0 Å². The molecule has 0 saturated heterocycles. The number of halogens is 1. The molecule has 0 aliphatic rings. The zero-order chi connectivity index (χ0) is 23.9. The van der Waals surface area contributed by atoms with Gasteiger partial charge in [0.2, 0.25) is 0 Å². The molecule has 8 heteroatoms. The fraction of sp³-hybridized carbons (Fsp3) is 0.200. The second kappa shape index (κ2) is 14.7. The van der Waals surface area contributed by atoms with Gasteiger partial charge >= 0.3 is 16.5 Å². The van der Waals surface area contributed by atoms with Gasteiger partial charge in [-0.1, -0.05) is 72.3 Å². The van der Waals surface area contributed by atoms with Gasteiger partial charge < -0.3 is 5.11 Å². The van der Waals surface area contributed by atoms with E-state index in [-0.39, 0.29) is 6.54 Å². The molecule has 0 radical (unpaired) electrons. The summed E-state index contributed by atoms with van der Waals surface area (Å²) in [5, 5.41) is 10.4. The van der Waals surface area contributed by atoms with Gasteiger partial charge in [-0.15, -0.1) is 0 Å². The van der Waals surface area contributed by atoms with E-state index in [9.17, 15) is 18.3 Å². The molecule has 1 N–H and O–H groups in total. The molecule has 1 aromatic heterocycles. The van der Waals surface area contributed by atoms with Gasteiger partial charge in [-0.05, 0) is 54.2 Å². The standard InChI is InChI=1S/C19H20N2O4S.C6H5Cl/c22-19(23)18(10-3-1-6-15-7-5-12-20-14-15)17-9-4-2-8-16(17)11-13-21-26(24)25;7-6-4-2-1-3-5-6/h1-2,4-9,12,14,18H,3,10-11,13H2,(H,22,23);1-5H. The molecule has 1 atom stereocenters.